The second-order valence-electron chi connectivity index (χ2n) is 6.40. The molecule has 2 heterocycles. The highest BCUT2D eigenvalue weighted by molar-refractivity contribution is 5.77. The molecule has 3 aromatic rings. The van der Waals surface area contributed by atoms with Gasteiger partial charge in [-0.25, -0.2) is 9.37 Å². The Bertz CT molecular complexity index is 789. The number of aromatic amines is 1. The highest BCUT2D eigenvalue weighted by atomic mass is 19.1. The van der Waals surface area contributed by atoms with Gasteiger partial charge in [-0.1, -0.05) is 24.3 Å². The Kier molecular flexibility index (Phi) is 3.94. The van der Waals surface area contributed by atoms with Gasteiger partial charge in [0.25, 0.3) is 0 Å². The van der Waals surface area contributed by atoms with E-state index in [2.05, 4.69) is 14.9 Å². The molecular weight excluding hydrogens is 305 g/mol. The third kappa shape index (κ3) is 2.87. The number of nitrogens with zero attached hydrogens (tertiary/aromatic N) is 2. The van der Waals surface area contributed by atoms with E-state index in [0.717, 1.165) is 48.5 Å². The fourth-order valence-electron chi connectivity index (χ4n) is 3.45. The quantitative estimate of drug-likeness (QED) is 0.773. The lowest BCUT2D eigenvalue weighted by atomic mass is 9.87. The van der Waals surface area contributed by atoms with Crippen molar-refractivity contribution in [1.29, 1.82) is 0 Å². The van der Waals surface area contributed by atoms with Crippen molar-refractivity contribution in [2.75, 3.05) is 18.0 Å². The zero-order chi connectivity index (χ0) is 16.5. The summed E-state index contributed by atoms with van der Waals surface area (Å²) in [4.78, 5) is 10.2. The molecule has 2 N–H and O–H groups in total. The molecule has 1 atom stereocenters. The molecule has 5 heteroatoms. The Labute approximate surface area is 140 Å². The standard InChI is InChI=1S/C19H20FN3O/c20-15-7-5-13(6-8-15)18(24)14-9-11-23(12-10-14)19-21-16-3-1-2-4-17(16)22-19/h1-8,14,18,24H,9-12H2,(H,21,22). The van der Waals surface area contributed by atoms with Crippen molar-refractivity contribution in [2.24, 2.45) is 5.92 Å². The van der Waals surface area contributed by atoms with E-state index in [9.17, 15) is 9.50 Å². The number of halogens is 1. The molecule has 1 aliphatic rings. The molecule has 2 aromatic carbocycles. The topological polar surface area (TPSA) is 52.1 Å². The minimum Gasteiger partial charge on any atom is -0.388 e. The number of aromatic nitrogens is 2. The Balaban J connectivity index is 1.43. The van der Waals surface area contributed by atoms with Gasteiger partial charge in [-0.3, -0.25) is 0 Å². The maximum absolute atomic E-state index is 13.0. The summed E-state index contributed by atoms with van der Waals surface area (Å²) in [7, 11) is 0. The summed E-state index contributed by atoms with van der Waals surface area (Å²) < 4.78 is 13.0. The molecule has 1 saturated heterocycles. The van der Waals surface area contributed by atoms with Crippen LogP contribution in [0, 0.1) is 11.7 Å². The van der Waals surface area contributed by atoms with Crippen LogP contribution in [0.4, 0.5) is 10.3 Å². The number of benzene rings is 2. The van der Waals surface area contributed by atoms with Gasteiger partial charge in [0.05, 0.1) is 17.1 Å². The Morgan fingerprint density at radius 2 is 1.79 bits per heavy atom. The molecule has 124 valence electrons. The van der Waals surface area contributed by atoms with E-state index in [0.29, 0.717) is 0 Å². The van der Waals surface area contributed by atoms with E-state index in [1.54, 1.807) is 12.1 Å². The second-order valence-corrected chi connectivity index (χ2v) is 6.40. The lowest BCUT2D eigenvalue weighted by Gasteiger charge is -2.34. The van der Waals surface area contributed by atoms with Gasteiger partial charge < -0.3 is 15.0 Å². The Morgan fingerprint density at radius 3 is 2.50 bits per heavy atom. The average molecular weight is 325 g/mol. The van der Waals surface area contributed by atoms with E-state index in [1.807, 2.05) is 24.3 Å². The average Bonchev–Trinajstić information content (AvgIpc) is 3.06. The van der Waals surface area contributed by atoms with Crippen molar-refractivity contribution in [2.45, 2.75) is 18.9 Å². The van der Waals surface area contributed by atoms with Crippen molar-refractivity contribution in [3.63, 3.8) is 0 Å². The SMILES string of the molecule is OC(c1ccc(F)cc1)C1CCN(c2nc3ccccc3[nH]2)CC1. The van der Waals surface area contributed by atoms with Crippen molar-refractivity contribution in [3.05, 3.63) is 59.9 Å². The summed E-state index contributed by atoms with van der Waals surface area (Å²) in [5.74, 6) is 0.813. The molecule has 1 fully saturated rings. The van der Waals surface area contributed by atoms with Crippen LogP contribution in [0.25, 0.3) is 11.0 Å². The summed E-state index contributed by atoms with van der Waals surface area (Å²) in [6, 6.07) is 14.2. The molecule has 1 unspecified atom stereocenters. The van der Waals surface area contributed by atoms with Crippen LogP contribution in [0.2, 0.25) is 0 Å². The monoisotopic (exact) mass is 325 g/mol. The first-order valence-corrected chi connectivity index (χ1v) is 8.34. The van der Waals surface area contributed by atoms with Crippen molar-refractivity contribution < 1.29 is 9.50 Å². The van der Waals surface area contributed by atoms with Crippen LogP contribution < -0.4 is 4.90 Å². The van der Waals surface area contributed by atoms with Gasteiger partial charge in [-0.05, 0) is 48.6 Å². The fraction of sp³-hybridized carbons (Fsp3) is 0.316. The number of aliphatic hydroxyl groups is 1. The van der Waals surface area contributed by atoms with Crippen molar-refractivity contribution in [3.8, 4) is 0 Å². The van der Waals surface area contributed by atoms with E-state index in [4.69, 9.17) is 0 Å². The Morgan fingerprint density at radius 1 is 1.08 bits per heavy atom. The molecule has 0 bridgehead atoms. The van der Waals surface area contributed by atoms with E-state index >= 15 is 0 Å². The van der Waals surface area contributed by atoms with Gasteiger partial charge in [0.1, 0.15) is 5.82 Å². The molecule has 0 spiro atoms. The van der Waals surface area contributed by atoms with E-state index in [-0.39, 0.29) is 11.7 Å². The van der Waals surface area contributed by atoms with Crippen molar-refractivity contribution in [1.82, 2.24) is 9.97 Å². The highest BCUT2D eigenvalue weighted by Gasteiger charge is 2.27. The van der Waals surface area contributed by atoms with Gasteiger partial charge >= 0.3 is 0 Å². The fourth-order valence-corrected chi connectivity index (χ4v) is 3.45. The molecule has 1 aliphatic heterocycles. The molecule has 0 radical (unpaired) electrons. The predicted molar refractivity (Wildman–Crippen MR) is 92.4 cm³/mol. The summed E-state index contributed by atoms with van der Waals surface area (Å²) in [6.07, 6.45) is 1.23. The second kappa shape index (κ2) is 6.24. The largest absolute Gasteiger partial charge is 0.388 e. The molecule has 0 amide bonds. The Hall–Kier alpha value is -2.40. The van der Waals surface area contributed by atoms with E-state index < -0.39 is 6.10 Å². The predicted octanol–water partition coefficient (Wildman–Crippen LogP) is 3.65. The molecule has 24 heavy (non-hydrogen) atoms. The summed E-state index contributed by atoms with van der Waals surface area (Å²) >= 11 is 0. The number of para-hydroxylation sites is 2. The van der Waals surface area contributed by atoms with Crippen LogP contribution in [0.15, 0.2) is 48.5 Å². The molecule has 0 saturated carbocycles. The number of anilines is 1. The molecular formula is C19H20FN3O. The summed E-state index contributed by atoms with van der Waals surface area (Å²) in [6.45, 7) is 1.70. The molecule has 4 rings (SSSR count). The minimum atomic E-state index is -0.538. The number of hydrogen-bond acceptors (Lipinski definition) is 3. The summed E-state index contributed by atoms with van der Waals surface area (Å²) in [5.41, 5.74) is 2.81. The number of imidazole rings is 1. The number of aliphatic hydroxyl groups excluding tert-OH is 1. The molecule has 0 aliphatic carbocycles. The molecule has 1 aromatic heterocycles. The zero-order valence-electron chi connectivity index (χ0n) is 13.3. The number of fused-ring (bicyclic) bond motifs is 1. The van der Waals surface area contributed by atoms with Crippen LogP contribution in [0.5, 0.6) is 0 Å². The maximum atomic E-state index is 13.0. The number of piperidine rings is 1. The van der Waals surface area contributed by atoms with Gasteiger partial charge in [-0.15, -0.1) is 0 Å². The number of nitrogens with one attached hydrogen (secondary N) is 1. The third-order valence-corrected chi connectivity index (χ3v) is 4.87. The van der Waals surface area contributed by atoms with Crippen molar-refractivity contribution >= 4 is 17.0 Å². The minimum absolute atomic E-state index is 0.191. The number of hydrogen-bond donors (Lipinski definition) is 2. The van der Waals surface area contributed by atoms with Gasteiger partial charge in [0, 0.05) is 13.1 Å². The van der Waals surface area contributed by atoms with Gasteiger partial charge in [-0.2, -0.15) is 0 Å². The van der Waals surface area contributed by atoms with Crippen LogP contribution in [-0.4, -0.2) is 28.2 Å². The highest BCUT2D eigenvalue weighted by Crippen LogP contribution is 2.32. The zero-order valence-corrected chi connectivity index (χ0v) is 13.3. The lowest BCUT2D eigenvalue weighted by molar-refractivity contribution is 0.0927. The maximum Gasteiger partial charge on any atom is 0.203 e. The van der Waals surface area contributed by atoms with Gasteiger partial charge in [0.2, 0.25) is 5.95 Å². The lowest BCUT2D eigenvalue weighted by Crippen LogP contribution is -2.36. The number of H-pyrrole nitrogens is 1. The summed E-state index contributed by atoms with van der Waals surface area (Å²) in [5, 5.41) is 10.5. The van der Waals surface area contributed by atoms with Crippen LogP contribution in [0.3, 0.4) is 0 Å². The third-order valence-electron chi connectivity index (χ3n) is 4.87. The first kappa shape index (κ1) is 15.1. The first-order valence-electron chi connectivity index (χ1n) is 8.34. The normalized spacial score (nSPS) is 17.3. The van der Waals surface area contributed by atoms with Crippen LogP contribution in [-0.2, 0) is 0 Å². The van der Waals surface area contributed by atoms with Crippen LogP contribution in [0.1, 0.15) is 24.5 Å². The molecule has 4 nitrogen and oxygen atoms in total. The van der Waals surface area contributed by atoms with E-state index in [1.165, 1.54) is 12.1 Å². The van der Waals surface area contributed by atoms with Crippen LogP contribution >= 0.6 is 0 Å². The number of rotatable bonds is 3. The van der Waals surface area contributed by atoms with Gasteiger partial charge in [0.15, 0.2) is 0 Å². The first-order chi connectivity index (χ1) is 11.7. The smallest absolute Gasteiger partial charge is 0.203 e.